The smallest absolute Gasteiger partial charge is 0.296 e. The number of rotatable bonds is 2. The number of hydrogen-bond acceptors (Lipinski definition) is 3. The minimum atomic E-state index is -4.37. The maximum Gasteiger partial charge on any atom is 0.408 e. The fourth-order valence-corrected chi connectivity index (χ4v) is 1.90. The van der Waals surface area contributed by atoms with E-state index >= 15 is 0 Å². The molecular formula is C9H5BrF3N3O. The van der Waals surface area contributed by atoms with E-state index in [1.54, 1.807) is 0 Å². The lowest BCUT2D eigenvalue weighted by Gasteiger charge is -2.07. The Kier molecular flexibility index (Phi) is 2.90. The van der Waals surface area contributed by atoms with Crippen molar-refractivity contribution in [3.63, 3.8) is 0 Å². The van der Waals surface area contributed by atoms with Crippen molar-refractivity contribution in [2.75, 3.05) is 0 Å². The molecule has 0 aliphatic carbocycles. The third-order valence-corrected chi connectivity index (χ3v) is 2.65. The molecule has 0 spiro atoms. The van der Waals surface area contributed by atoms with E-state index < -0.39 is 12.7 Å². The van der Waals surface area contributed by atoms with Crippen LogP contribution in [0.25, 0.3) is 10.9 Å². The molecule has 8 heteroatoms. The molecule has 0 aliphatic rings. The number of halogens is 4. The number of alkyl halides is 3. The van der Waals surface area contributed by atoms with Gasteiger partial charge in [-0.3, -0.25) is 14.5 Å². The first-order valence-electron chi connectivity index (χ1n) is 4.45. The van der Waals surface area contributed by atoms with Crippen LogP contribution in [0.3, 0.4) is 0 Å². The highest BCUT2D eigenvalue weighted by atomic mass is 79.9. The molecule has 0 saturated carbocycles. The van der Waals surface area contributed by atoms with Crippen molar-refractivity contribution in [3.05, 3.63) is 22.6 Å². The summed E-state index contributed by atoms with van der Waals surface area (Å²) in [6.07, 6.45) is -2.59. The van der Waals surface area contributed by atoms with Crippen LogP contribution in [0.15, 0.2) is 16.9 Å². The first kappa shape index (κ1) is 12.0. The third-order valence-electron chi connectivity index (χ3n) is 2.06. The number of aromatic nitrogens is 3. The summed E-state index contributed by atoms with van der Waals surface area (Å²) in [5, 5.41) is 4.14. The lowest BCUT2D eigenvalue weighted by molar-refractivity contribution is -0.141. The third kappa shape index (κ3) is 2.46. The van der Waals surface area contributed by atoms with Gasteiger partial charge in [0.2, 0.25) is 0 Å². The molecular weight excluding hydrogens is 303 g/mol. The minimum Gasteiger partial charge on any atom is -0.296 e. The lowest BCUT2D eigenvalue weighted by atomic mass is 10.3. The van der Waals surface area contributed by atoms with Gasteiger partial charge in [0.15, 0.2) is 6.29 Å². The van der Waals surface area contributed by atoms with Crippen molar-refractivity contribution in [1.29, 1.82) is 0 Å². The van der Waals surface area contributed by atoms with Gasteiger partial charge in [-0.15, -0.1) is 0 Å². The second-order valence-electron chi connectivity index (χ2n) is 3.31. The van der Waals surface area contributed by atoms with Gasteiger partial charge in [-0.25, -0.2) is 0 Å². The summed E-state index contributed by atoms with van der Waals surface area (Å²) in [5.41, 5.74) is 0.277. The molecule has 4 nitrogen and oxygen atoms in total. The molecule has 0 atom stereocenters. The quantitative estimate of drug-likeness (QED) is 0.801. The summed E-state index contributed by atoms with van der Waals surface area (Å²) in [4.78, 5) is 14.3. The highest BCUT2D eigenvalue weighted by Crippen LogP contribution is 2.26. The maximum absolute atomic E-state index is 12.3. The largest absolute Gasteiger partial charge is 0.408 e. The van der Waals surface area contributed by atoms with E-state index in [9.17, 15) is 18.0 Å². The van der Waals surface area contributed by atoms with Crippen molar-refractivity contribution in [2.45, 2.75) is 12.7 Å². The normalized spacial score (nSPS) is 12.0. The number of hydrogen-bond donors (Lipinski definition) is 0. The first-order valence-corrected chi connectivity index (χ1v) is 5.24. The van der Waals surface area contributed by atoms with Gasteiger partial charge in [0, 0.05) is 6.20 Å². The van der Waals surface area contributed by atoms with E-state index in [4.69, 9.17) is 0 Å². The van der Waals surface area contributed by atoms with E-state index in [-0.39, 0.29) is 15.8 Å². The first-order chi connectivity index (χ1) is 7.90. The zero-order valence-electron chi connectivity index (χ0n) is 8.20. The van der Waals surface area contributed by atoms with E-state index in [0.717, 1.165) is 4.68 Å². The molecule has 0 radical (unpaired) electrons. The maximum atomic E-state index is 12.3. The fraction of sp³-hybridized carbons (Fsp3) is 0.222. The molecule has 90 valence electrons. The van der Waals surface area contributed by atoms with Crippen LogP contribution in [-0.4, -0.2) is 27.2 Å². The summed E-state index contributed by atoms with van der Waals surface area (Å²) in [7, 11) is 0. The monoisotopic (exact) mass is 307 g/mol. The molecule has 17 heavy (non-hydrogen) atoms. The summed E-state index contributed by atoms with van der Waals surface area (Å²) in [5.74, 6) is 0. The van der Waals surface area contributed by atoms with Crippen LogP contribution < -0.4 is 0 Å². The number of fused-ring (bicyclic) bond motifs is 1. The second-order valence-corrected chi connectivity index (χ2v) is 4.06. The molecule has 0 bridgehead atoms. The standard InChI is InChI=1S/C9H5BrF3N3O/c10-8-6-2-14-5(3-17)1-7(6)16(15-8)4-9(11,12)13/h1-3H,4H2. The summed E-state index contributed by atoms with van der Waals surface area (Å²) in [6.45, 7) is -1.21. The molecule has 2 rings (SSSR count). The highest BCUT2D eigenvalue weighted by Gasteiger charge is 2.29. The molecule has 0 saturated heterocycles. The van der Waals surface area contributed by atoms with Crippen LogP contribution in [0.2, 0.25) is 0 Å². The highest BCUT2D eigenvalue weighted by molar-refractivity contribution is 9.10. The van der Waals surface area contributed by atoms with Gasteiger partial charge in [0.05, 0.1) is 10.9 Å². The fourth-order valence-electron chi connectivity index (χ4n) is 1.40. The summed E-state index contributed by atoms with van der Waals surface area (Å²) in [6, 6.07) is 1.27. The average molecular weight is 308 g/mol. The van der Waals surface area contributed by atoms with Crippen molar-refractivity contribution < 1.29 is 18.0 Å². The minimum absolute atomic E-state index is 0.0633. The van der Waals surface area contributed by atoms with Crippen molar-refractivity contribution >= 4 is 33.1 Å². The van der Waals surface area contributed by atoms with E-state index in [0.29, 0.717) is 11.7 Å². The average Bonchev–Trinajstić information content (AvgIpc) is 2.53. The molecule has 0 unspecified atom stereocenters. The molecule has 0 fully saturated rings. The lowest BCUT2D eigenvalue weighted by Crippen LogP contribution is -2.18. The number of carbonyl (C=O) groups is 1. The van der Waals surface area contributed by atoms with Crippen molar-refractivity contribution in [1.82, 2.24) is 14.8 Å². The van der Waals surface area contributed by atoms with E-state index in [1.165, 1.54) is 12.3 Å². The Hall–Kier alpha value is -1.44. The van der Waals surface area contributed by atoms with Crippen LogP contribution in [0.1, 0.15) is 10.5 Å². The predicted octanol–water partition coefficient (Wildman–Crippen LogP) is 2.57. The molecule has 0 aliphatic heterocycles. The predicted molar refractivity (Wildman–Crippen MR) is 56.7 cm³/mol. The Morgan fingerprint density at radius 3 is 2.76 bits per heavy atom. The number of pyridine rings is 1. The van der Waals surface area contributed by atoms with Crippen LogP contribution in [0.4, 0.5) is 13.2 Å². The number of nitrogens with zero attached hydrogens (tertiary/aromatic N) is 3. The Balaban J connectivity index is 2.59. The molecule has 2 aromatic heterocycles. The zero-order chi connectivity index (χ0) is 12.6. The Bertz CT molecular complexity index is 579. The zero-order valence-corrected chi connectivity index (χ0v) is 9.79. The summed E-state index contributed by atoms with van der Waals surface area (Å²) >= 11 is 3.04. The molecule has 2 heterocycles. The van der Waals surface area contributed by atoms with Crippen LogP contribution in [0.5, 0.6) is 0 Å². The van der Waals surface area contributed by atoms with Gasteiger partial charge >= 0.3 is 6.18 Å². The Labute approximate surface area is 102 Å². The van der Waals surface area contributed by atoms with Crippen LogP contribution >= 0.6 is 15.9 Å². The van der Waals surface area contributed by atoms with Gasteiger partial charge in [-0.2, -0.15) is 18.3 Å². The Morgan fingerprint density at radius 2 is 2.18 bits per heavy atom. The Morgan fingerprint density at radius 1 is 1.47 bits per heavy atom. The van der Waals surface area contributed by atoms with Crippen molar-refractivity contribution in [3.8, 4) is 0 Å². The summed E-state index contributed by atoms with van der Waals surface area (Å²) < 4.78 is 38.0. The number of carbonyl (C=O) groups excluding carboxylic acids is 1. The van der Waals surface area contributed by atoms with Crippen LogP contribution in [0, 0.1) is 0 Å². The molecule has 0 N–H and O–H groups in total. The molecule has 0 aromatic carbocycles. The van der Waals surface area contributed by atoms with E-state index in [1.807, 2.05) is 0 Å². The van der Waals surface area contributed by atoms with Gasteiger partial charge in [0.1, 0.15) is 16.8 Å². The van der Waals surface area contributed by atoms with Gasteiger partial charge in [-0.1, -0.05) is 0 Å². The van der Waals surface area contributed by atoms with Gasteiger partial charge in [0.25, 0.3) is 0 Å². The molecule has 0 amide bonds. The SMILES string of the molecule is O=Cc1cc2c(cn1)c(Br)nn2CC(F)(F)F. The van der Waals surface area contributed by atoms with Gasteiger partial charge < -0.3 is 0 Å². The van der Waals surface area contributed by atoms with Crippen LogP contribution in [-0.2, 0) is 6.54 Å². The van der Waals surface area contributed by atoms with Crippen molar-refractivity contribution in [2.24, 2.45) is 0 Å². The number of aldehydes is 1. The van der Waals surface area contributed by atoms with E-state index in [2.05, 4.69) is 26.0 Å². The van der Waals surface area contributed by atoms with Gasteiger partial charge in [-0.05, 0) is 22.0 Å². The second kappa shape index (κ2) is 4.10. The molecule has 2 aromatic rings. The topological polar surface area (TPSA) is 47.8 Å².